The van der Waals surface area contributed by atoms with Crippen LogP contribution in [0, 0.1) is 11.3 Å². The first-order chi connectivity index (χ1) is 9.42. The smallest absolute Gasteiger partial charge is 0.350 e. The molecule has 0 aliphatic heterocycles. The number of hydrogen-bond donors (Lipinski definition) is 2. The summed E-state index contributed by atoms with van der Waals surface area (Å²) in [5.74, 6) is -0.335. The third-order valence-electron chi connectivity index (χ3n) is 3.00. The number of nitrogen functional groups attached to an aromatic ring is 2. The second-order valence-corrected chi connectivity index (χ2v) is 5.57. The van der Waals surface area contributed by atoms with Crippen molar-refractivity contribution in [3.05, 3.63) is 16.0 Å². The summed E-state index contributed by atoms with van der Waals surface area (Å²) >= 11 is 1.12. The zero-order valence-electron chi connectivity index (χ0n) is 11.4. The Morgan fingerprint density at radius 1 is 1.45 bits per heavy atom. The maximum Gasteiger partial charge on any atom is 0.350 e. The number of nitrogens with zero attached hydrogens (tertiary/aromatic N) is 2. The number of carbonyl (C=O) groups excluding carboxylic acids is 1. The maximum absolute atomic E-state index is 11.7. The highest BCUT2D eigenvalue weighted by Gasteiger charge is 2.24. The molecule has 0 saturated carbocycles. The molecule has 0 spiro atoms. The lowest BCUT2D eigenvalue weighted by Crippen LogP contribution is -2.04. The number of ether oxygens (including phenoxy) is 1. The molecule has 20 heavy (non-hydrogen) atoms. The summed E-state index contributed by atoms with van der Waals surface area (Å²) < 4.78 is 4.70. The van der Waals surface area contributed by atoms with Gasteiger partial charge in [0.2, 0.25) is 0 Å². The highest BCUT2D eigenvalue weighted by Crippen LogP contribution is 2.40. The van der Waals surface area contributed by atoms with E-state index in [0.717, 1.165) is 16.9 Å². The summed E-state index contributed by atoms with van der Waals surface area (Å²) in [5.41, 5.74) is 13.2. The molecule has 0 aromatic carbocycles. The molecule has 0 atom stereocenters. The number of anilines is 2. The molecule has 0 amide bonds. The van der Waals surface area contributed by atoms with E-state index >= 15 is 0 Å². The van der Waals surface area contributed by atoms with E-state index in [4.69, 9.17) is 16.2 Å². The number of esters is 1. The Labute approximate surface area is 120 Å². The molecule has 0 aliphatic rings. The molecule has 7 heteroatoms. The number of hydrogen-bond acceptors (Lipinski definition) is 7. The lowest BCUT2D eigenvalue weighted by molar-refractivity contribution is 0.0607. The number of nitrogens with two attached hydrogens (primary N) is 2. The molecular weight excluding hydrogens is 276 g/mol. The Hall–Kier alpha value is -2.33. The summed E-state index contributed by atoms with van der Waals surface area (Å²) in [5, 5.41) is 9.88. The monoisotopic (exact) mass is 290 g/mol. The minimum Gasteiger partial charge on any atom is -0.465 e. The van der Waals surface area contributed by atoms with Gasteiger partial charge in [-0.1, -0.05) is 13.8 Å². The van der Waals surface area contributed by atoms with E-state index in [1.165, 1.54) is 7.11 Å². The first kappa shape index (κ1) is 14.1. The number of fused-ring (bicyclic) bond motifs is 1. The van der Waals surface area contributed by atoms with Crippen molar-refractivity contribution in [2.24, 2.45) is 0 Å². The standard InChI is InChI=1S/C13H14N4O2S/c1-5(2)7-6(4-14)11(16)17-12-8(7)9(15)10(20-12)13(18)19-3/h5H,15H2,1-3H3,(H2,16,17). The summed E-state index contributed by atoms with van der Waals surface area (Å²) in [4.78, 5) is 16.7. The molecule has 6 nitrogen and oxygen atoms in total. The van der Waals surface area contributed by atoms with Gasteiger partial charge in [0.15, 0.2) is 0 Å². The maximum atomic E-state index is 11.7. The van der Waals surface area contributed by atoms with Crippen LogP contribution in [0.4, 0.5) is 11.5 Å². The Kier molecular flexibility index (Phi) is 3.51. The van der Waals surface area contributed by atoms with Gasteiger partial charge in [-0.15, -0.1) is 11.3 Å². The zero-order valence-corrected chi connectivity index (χ0v) is 12.2. The number of thiophene rings is 1. The average Bonchev–Trinajstić information content (AvgIpc) is 2.73. The Balaban J connectivity index is 2.94. The van der Waals surface area contributed by atoms with Crippen molar-refractivity contribution in [2.45, 2.75) is 19.8 Å². The predicted octanol–water partition coefficient (Wildman–Crippen LogP) is 2.24. The van der Waals surface area contributed by atoms with Gasteiger partial charge in [0.05, 0.1) is 18.4 Å². The molecule has 0 bridgehead atoms. The molecule has 0 aliphatic carbocycles. The van der Waals surface area contributed by atoms with Gasteiger partial charge in [-0.2, -0.15) is 5.26 Å². The van der Waals surface area contributed by atoms with Gasteiger partial charge >= 0.3 is 5.97 Å². The molecule has 0 unspecified atom stereocenters. The largest absolute Gasteiger partial charge is 0.465 e. The van der Waals surface area contributed by atoms with Crippen LogP contribution in [-0.4, -0.2) is 18.1 Å². The van der Waals surface area contributed by atoms with Crippen molar-refractivity contribution in [3.63, 3.8) is 0 Å². The second-order valence-electron chi connectivity index (χ2n) is 4.57. The van der Waals surface area contributed by atoms with Gasteiger partial charge in [-0.25, -0.2) is 9.78 Å². The van der Waals surface area contributed by atoms with E-state index in [1.807, 2.05) is 13.8 Å². The fourth-order valence-corrected chi connectivity index (χ4v) is 3.18. The molecule has 2 aromatic heterocycles. The molecule has 2 aromatic rings. The van der Waals surface area contributed by atoms with Gasteiger partial charge < -0.3 is 16.2 Å². The highest BCUT2D eigenvalue weighted by atomic mass is 32.1. The van der Waals surface area contributed by atoms with E-state index < -0.39 is 5.97 Å². The van der Waals surface area contributed by atoms with E-state index in [9.17, 15) is 10.1 Å². The third kappa shape index (κ3) is 1.94. The van der Waals surface area contributed by atoms with Gasteiger partial charge in [0, 0.05) is 5.39 Å². The summed E-state index contributed by atoms with van der Waals surface area (Å²) in [7, 11) is 1.29. The molecule has 0 saturated heterocycles. The highest BCUT2D eigenvalue weighted by molar-refractivity contribution is 7.21. The van der Waals surface area contributed by atoms with Crippen LogP contribution in [0.2, 0.25) is 0 Å². The van der Waals surface area contributed by atoms with E-state index in [1.54, 1.807) is 0 Å². The van der Waals surface area contributed by atoms with Crippen LogP contribution >= 0.6 is 11.3 Å². The van der Waals surface area contributed by atoms with Crippen molar-refractivity contribution in [2.75, 3.05) is 18.6 Å². The minimum absolute atomic E-state index is 0.0276. The number of pyridine rings is 1. The predicted molar refractivity (Wildman–Crippen MR) is 78.6 cm³/mol. The number of aromatic nitrogens is 1. The molecule has 104 valence electrons. The van der Waals surface area contributed by atoms with Crippen LogP contribution in [0.15, 0.2) is 0 Å². The van der Waals surface area contributed by atoms with Crippen LogP contribution in [-0.2, 0) is 4.74 Å². The number of nitriles is 1. The van der Waals surface area contributed by atoms with Crippen molar-refractivity contribution in [3.8, 4) is 6.07 Å². The number of methoxy groups -OCH3 is 1. The van der Waals surface area contributed by atoms with Gasteiger partial charge in [-0.3, -0.25) is 0 Å². The fraction of sp³-hybridized carbons (Fsp3) is 0.308. The minimum atomic E-state index is -0.516. The molecule has 4 N–H and O–H groups in total. The number of carbonyl (C=O) groups is 1. The van der Waals surface area contributed by atoms with Crippen LogP contribution in [0.1, 0.15) is 40.6 Å². The second kappa shape index (κ2) is 4.98. The van der Waals surface area contributed by atoms with Crippen molar-refractivity contribution in [1.82, 2.24) is 4.98 Å². The normalized spacial score (nSPS) is 10.8. The van der Waals surface area contributed by atoms with Gasteiger partial charge in [0.1, 0.15) is 21.6 Å². The molecule has 2 rings (SSSR count). The zero-order chi connectivity index (χ0) is 15.0. The summed E-state index contributed by atoms with van der Waals surface area (Å²) in [6.45, 7) is 3.87. The van der Waals surface area contributed by atoms with Gasteiger partial charge in [-0.05, 0) is 11.5 Å². The SMILES string of the molecule is COC(=O)c1sc2nc(N)c(C#N)c(C(C)C)c2c1N. The van der Waals surface area contributed by atoms with E-state index in [2.05, 4.69) is 11.1 Å². The van der Waals surface area contributed by atoms with Crippen LogP contribution in [0.3, 0.4) is 0 Å². The Morgan fingerprint density at radius 3 is 2.60 bits per heavy atom. The Bertz CT molecular complexity index is 743. The first-order valence-corrected chi connectivity index (χ1v) is 6.73. The quantitative estimate of drug-likeness (QED) is 0.819. The number of rotatable bonds is 2. The summed E-state index contributed by atoms with van der Waals surface area (Å²) in [6.07, 6.45) is 0. The molecule has 0 radical (unpaired) electrons. The van der Waals surface area contributed by atoms with Crippen molar-refractivity contribution >= 4 is 39.0 Å². The molecular formula is C13H14N4O2S. The van der Waals surface area contributed by atoms with Crippen LogP contribution < -0.4 is 11.5 Å². The van der Waals surface area contributed by atoms with Crippen LogP contribution in [0.25, 0.3) is 10.2 Å². The average molecular weight is 290 g/mol. The van der Waals surface area contributed by atoms with Gasteiger partial charge in [0.25, 0.3) is 0 Å². The van der Waals surface area contributed by atoms with Crippen LogP contribution in [0.5, 0.6) is 0 Å². The Morgan fingerprint density at radius 2 is 2.10 bits per heavy atom. The topological polar surface area (TPSA) is 115 Å². The fourth-order valence-electron chi connectivity index (χ4n) is 2.14. The summed E-state index contributed by atoms with van der Waals surface area (Å²) in [6, 6.07) is 2.06. The third-order valence-corrected chi connectivity index (χ3v) is 4.08. The first-order valence-electron chi connectivity index (χ1n) is 5.92. The molecule has 0 fully saturated rings. The van der Waals surface area contributed by atoms with E-state index in [0.29, 0.717) is 21.5 Å². The lowest BCUT2D eigenvalue weighted by Gasteiger charge is -2.12. The lowest BCUT2D eigenvalue weighted by atomic mass is 9.95. The van der Waals surface area contributed by atoms with Crippen molar-refractivity contribution < 1.29 is 9.53 Å². The van der Waals surface area contributed by atoms with E-state index in [-0.39, 0.29) is 16.6 Å². The van der Waals surface area contributed by atoms with Crippen molar-refractivity contribution in [1.29, 1.82) is 5.26 Å². The molecule has 2 heterocycles.